The van der Waals surface area contributed by atoms with Crippen LogP contribution < -0.4 is 0 Å². The van der Waals surface area contributed by atoms with Crippen molar-refractivity contribution in [2.75, 3.05) is 0 Å². The third-order valence-electron chi connectivity index (χ3n) is 4.51. The largest absolute Gasteiger partial charge is 0.446 e. The maximum Gasteiger partial charge on any atom is 0.191 e. The molecule has 0 saturated carbocycles. The van der Waals surface area contributed by atoms with E-state index >= 15 is 0 Å². The van der Waals surface area contributed by atoms with E-state index in [2.05, 4.69) is 70.3 Å². The second kappa shape index (κ2) is 11.4. The molecule has 0 aliphatic rings. The molecule has 3 aromatic heterocycles. The summed E-state index contributed by atoms with van der Waals surface area (Å²) >= 11 is 1.81. The van der Waals surface area contributed by atoms with E-state index < -0.39 is 0 Å². The summed E-state index contributed by atoms with van der Waals surface area (Å²) in [6.45, 7) is 24.7. The Morgan fingerprint density at radius 2 is 1.00 bits per heavy atom. The van der Waals surface area contributed by atoms with Crippen LogP contribution in [0.4, 0.5) is 0 Å². The Morgan fingerprint density at radius 1 is 0.600 bits per heavy atom. The van der Waals surface area contributed by atoms with Crippen molar-refractivity contribution in [2.45, 2.75) is 101 Å². The van der Waals surface area contributed by atoms with Gasteiger partial charge in [-0.1, -0.05) is 41.5 Å². The van der Waals surface area contributed by atoms with Crippen LogP contribution in [0.3, 0.4) is 0 Å². The van der Waals surface area contributed by atoms with E-state index in [0.29, 0.717) is 17.8 Å². The minimum absolute atomic E-state index is 0.470. The highest BCUT2D eigenvalue weighted by Gasteiger charge is 2.10. The molecule has 0 radical (unpaired) electrons. The molecule has 0 bridgehead atoms. The SMILES string of the molecule is Cc1nc(C(C)C)c(C)o1.Cc1nc(C(C)C)c(C)o1.Cc1nc(C(C)C)sc1C. The molecule has 0 fully saturated rings. The highest BCUT2D eigenvalue weighted by Crippen LogP contribution is 2.23. The van der Waals surface area contributed by atoms with Gasteiger partial charge in [-0.15, -0.1) is 11.3 Å². The fourth-order valence-electron chi connectivity index (χ4n) is 2.91. The molecule has 0 aromatic carbocycles. The van der Waals surface area contributed by atoms with E-state index in [1.165, 1.54) is 15.6 Å². The molecule has 3 heterocycles. The number of nitrogens with zero attached hydrogens (tertiary/aromatic N) is 3. The van der Waals surface area contributed by atoms with Gasteiger partial charge < -0.3 is 8.83 Å². The van der Waals surface area contributed by atoms with E-state index in [0.717, 1.165) is 34.7 Å². The average molecular weight is 434 g/mol. The summed E-state index contributed by atoms with van der Waals surface area (Å²) in [6.07, 6.45) is 0. The molecule has 0 atom stereocenters. The predicted molar refractivity (Wildman–Crippen MR) is 126 cm³/mol. The van der Waals surface area contributed by atoms with Gasteiger partial charge in [0, 0.05) is 24.6 Å². The summed E-state index contributed by atoms with van der Waals surface area (Å²) in [7, 11) is 0. The normalized spacial score (nSPS) is 10.9. The summed E-state index contributed by atoms with van der Waals surface area (Å²) in [5, 5.41) is 1.26. The number of hydrogen-bond donors (Lipinski definition) is 0. The zero-order chi connectivity index (χ0) is 23.2. The number of rotatable bonds is 3. The molecule has 3 rings (SSSR count). The topological polar surface area (TPSA) is 65.0 Å². The molecule has 0 spiro atoms. The first-order valence-corrected chi connectivity index (χ1v) is 11.5. The van der Waals surface area contributed by atoms with E-state index in [1.54, 1.807) is 0 Å². The minimum atomic E-state index is 0.470. The first-order chi connectivity index (χ1) is 13.8. The molecule has 0 amide bonds. The highest BCUT2D eigenvalue weighted by molar-refractivity contribution is 7.11. The van der Waals surface area contributed by atoms with Crippen molar-refractivity contribution in [3.05, 3.63) is 50.3 Å². The van der Waals surface area contributed by atoms with Crippen LogP contribution in [0.15, 0.2) is 8.83 Å². The smallest absolute Gasteiger partial charge is 0.191 e. The van der Waals surface area contributed by atoms with Gasteiger partial charge in [0.05, 0.1) is 22.1 Å². The minimum Gasteiger partial charge on any atom is -0.446 e. The van der Waals surface area contributed by atoms with Crippen molar-refractivity contribution < 1.29 is 8.83 Å². The lowest BCUT2D eigenvalue weighted by molar-refractivity contribution is 0.491. The van der Waals surface area contributed by atoms with Crippen LogP contribution in [0.5, 0.6) is 0 Å². The molecule has 6 heteroatoms. The van der Waals surface area contributed by atoms with Crippen molar-refractivity contribution in [1.82, 2.24) is 15.0 Å². The Labute approximate surface area is 186 Å². The van der Waals surface area contributed by atoms with E-state index in [1.807, 2.05) is 39.0 Å². The monoisotopic (exact) mass is 433 g/mol. The maximum absolute atomic E-state index is 5.26. The zero-order valence-corrected chi connectivity index (χ0v) is 21.6. The van der Waals surface area contributed by atoms with Crippen LogP contribution in [0.1, 0.15) is 110 Å². The molecule has 0 saturated heterocycles. The molecular weight excluding hydrogens is 394 g/mol. The van der Waals surface area contributed by atoms with Gasteiger partial charge in [-0.25, -0.2) is 15.0 Å². The third-order valence-corrected chi connectivity index (χ3v) is 5.88. The lowest BCUT2D eigenvalue weighted by Crippen LogP contribution is -1.89. The van der Waals surface area contributed by atoms with Crippen LogP contribution in [0.25, 0.3) is 0 Å². The third kappa shape index (κ3) is 7.71. The number of aromatic nitrogens is 3. The predicted octanol–water partition coefficient (Wildman–Crippen LogP) is 7.71. The summed E-state index contributed by atoms with van der Waals surface area (Å²) in [4.78, 5) is 14.3. The molecule has 3 aromatic rings. The second-order valence-electron chi connectivity index (χ2n) is 8.51. The van der Waals surface area contributed by atoms with Crippen LogP contribution in [-0.2, 0) is 0 Å². The lowest BCUT2D eigenvalue weighted by Gasteiger charge is -1.97. The second-order valence-corrected chi connectivity index (χ2v) is 9.74. The Morgan fingerprint density at radius 3 is 1.13 bits per heavy atom. The van der Waals surface area contributed by atoms with Crippen molar-refractivity contribution in [3.63, 3.8) is 0 Å². The van der Waals surface area contributed by atoms with Crippen molar-refractivity contribution in [2.24, 2.45) is 0 Å². The van der Waals surface area contributed by atoms with E-state index in [4.69, 9.17) is 8.83 Å². The summed E-state index contributed by atoms with van der Waals surface area (Å²) in [6, 6.07) is 0. The van der Waals surface area contributed by atoms with E-state index in [-0.39, 0.29) is 0 Å². The average Bonchev–Trinajstić information content (AvgIpc) is 3.26. The van der Waals surface area contributed by atoms with Crippen molar-refractivity contribution in [1.29, 1.82) is 0 Å². The first-order valence-electron chi connectivity index (χ1n) is 10.6. The standard InChI is InChI=1S/2C8H13NO.C8H13NS/c2*1-5(2)8-6(3)10-7(4)9-8;1-5(2)8-9-6(3)7(4)10-8/h3*5H,1-4H3. The van der Waals surface area contributed by atoms with Crippen molar-refractivity contribution >= 4 is 11.3 Å². The van der Waals surface area contributed by atoms with Gasteiger partial charge in [-0.2, -0.15) is 0 Å². The van der Waals surface area contributed by atoms with Gasteiger partial charge >= 0.3 is 0 Å². The summed E-state index contributed by atoms with van der Waals surface area (Å²) in [5.41, 5.74) is 3.35. The number of aryl methyl sites for hydroxylation is 6. The molecule has 168 valence electrons. The number of thiazole rings is 1. The fraction of sp³-hybridized carbons (Fsp3) is 0.625. The molecule has 30 heavy (non-hydrogen) atoms. The Bertz CT molecular complexity index is 847. The van der Waals surface area contributed by atoms with Gasteiger partial charge in [-0.05, 0) is 39.5 Å². The van der Waals surface area contributed by atoms with Crippen LogP contribution in [0, 0.1) is 41.5 Å². The molecule has 0 unspecified atom stereocenters. The molecule has 5 nitrogen and oxygen atoms in total. The number of hydrogen-bond acceptors (Lipinski definition) is 6. The Hall–Kier alpha value is -1.95. The van der Waals surface area contributed by atoms with Gasteiger partial charge in [0.1, 0.15) is 11.5 Å². The first kappa shape index (κ1) is 26.1. The zero-order valence-electron chi connectivity index (χ0n) is 20.8. The lowest BCUT2D eigenvalue weighted by atomic mass is 10.1. The summed E-state index contributed by atoms with van der Waals surface area (Å²) < 4.78 is 10.5. The van der Waals surface area contributed by atoms with Crippen molar-refractivity contribution in [3.8, 4) is 0 Å². The Kier molecular flexibility index (Phi) is 9.95. The Balaban J connectivity index is 0.000000225. The van der Waals surface area contributed by atoms with Crippen LogP contribution >= 0.6 is 11.3 Å². The number of oxazole rings is 2. The molecule has 0 aliphatic carbocycles. The summed E-state index contributed by atoms with van der Waals surface area (Å²) in [5.74, 6) is 4.95. The van der Waals surface area contributed by atoms with Crippen LogP contribution in [0.2, 0.25) is 0 Å². The van der Waals surface area contributed by atoms with Gasteiger partial charge in [0.25, 0.3) is 0 Å². The molecule has 0 aliphatic heterocycles. The van der Waals surface area contributed by atoms with E-state index in [9.17, 15) is 0 Å². The van der Waals surface area contributed by atoms with Gasteiger partial charge in [0.2, 0.25) is 0 Å². The molecular formula is C24H39N3O2S. The fourth-order valence-corrected chi connectivity index (χ4v) is 3.83. The molecule has 0 N–H and O–H groups in total. The van der Waals surface area contributed by atoms with Gasteiger partial charge in [0.15, 0.2) is 11.8 Å². The quantitative estimate of drug-likeness (QED) is 0.423. The maximum atomic E-state index is 5.26. The highest BCUT2D eigenvalue weighted by atomic mass is 32.1. The van der Waals surface area contributed by atoms with Crippen LogP contribution in [-0.4, -0.2) is 15.0 Å². The van der Waals surface area contributed by atoms with Gasteiger partial charge in [-0.3, -0.25) is 0 Å².